The van der Waals surface area contributed by atoms with Crippen molar-refractivity contribution in [1.29, 1.82) is 0 Å². The van der Waals surface area contributed by atoms with E-state index >= 15 is 0 Å². The molecule has 0 heterocycles. The molecule has 0 aromatic carbocycles. The molecule has 2 atom stereocenters. The predicted molar refractivity (Wildman–Crippen MR) is 69.8 cm³/mol. The highest BCUT2D eigenvalue weighted by atomic mass is 35.9. The molecule has 0 saturated carbocycles. The molecule has 0 amide bonds. The number of rotatable bonds is 7. The van der Waals surface area contributed by atoms with E-state index in [1.807, 2.05) is 0 Å². The maximum Gasteiger partial charge on any atom is 0.240 e. The van der Waals surface area contributed by atoms with E-state index in [9.17, 15) is 0 Å². The Balaban J connectivity index is 3.63. The second-order valence-electron chi connectivity index (χ2n) is 3.78. The van der Waals surface area contributed by atoms with Crippen molar-refractivity contribution in [3.8, 4) is 0 Å². The second kappa shape index (κ2) is 7.46. The third kappa shape index (κ3) is 8.49. The van der Waals surface area contributed by atoms with Crippen LogP contribution in [-0.2, 0) is 16.3 Å². The molecule has 0 rings (SSSR count). The predicted octanol–water partition coefficient (Wildman–Crippen LogP) is 5.17. The molecule has 0 aliphatic carbocycles. The van der Waals surface area contributed by atoms with Gasteiger partial charge in [0.2, 0.25) is 4.97 Å². The first kappa shape index (κ1) is 15.2. The molecule has 0 radical (unpaired) electrons. The van der Waals surface area contributed by atoms with Crippen LogP contribution < -0.4 is 0 Å². The van der Waals surface area contributed by atoms with Crippen molar-refractivity contribution in [3.05, 3.63) is 0 Å². The Morgan fingerprint density at radius 1 is 1.21 bits per heavy atom. The molecule has 0 aliphatic rings. The van der Waals surface area contributed by atoms with Gasteiger partial charge in [-0.05, 0) is 52.5 Å². The minimum Gasteiger partial charge on any atom is -0.327 e. The molecule has 5 heteroatoms. The highest BCUT2D eigenvalue weighted by Gasteiger charge is 2.13. The van der Waals surface area contributed by atoms with Gasteiger partial charge in [-0.15, -0.1) is 0 Å². The molecule has 0 saturated heterocycles. The topological polar surface area (TPSA) is 9.23 Å². The Morgan fingerprint density at radius 3 is 2.14 bits per heavy atom. The number of halogens is 2. The normalized spacial score (nSPS) is 16.6. The van der Waals surface area contributed by atoms with Crippen LogP contribution in [0, 0.1) is 11.8 Å². The second-order valence-corrected chi connectivity index (χ2v) is 11.0. The fourth-order valence-electron chi connectivity index (χ4n) is 1.37. The Labute approximate surface area is 102 Å². The highest BCUT2D eigenvalue weighted by molar-refractivity contribution is 8.36. The molecule has 0 spiro atoms. The van der Waals surface area contributed by atoms with Gasteiger partial charge in [0, 0.05) is 0 Å². The van der Waals surface area contributed by atoms with Crippen molar-refractivity contribution in [3.63, 3.8) is 0 Å². The summed E-state index contributed by atoms with van der Waals surface area (Å²) in [6.07, 6.45) is 3.48. The van der Waals surface area contributed by atoms with Crippen LogP contribution in [0.1, 0.15) is 40.0 Å². The summed E-state index contributed by atoms with van der Waals surface area (Å²) in [5.74, 6) is 1.37. The van der Waals surface area contributed by atoms with E-state index in [1.165, 1.54) is 12.8 Å². The van der Waals surface area contributed by atoms with Crippen molar-refractivity contribution in [2.45, 2.75) is 40.0 Å². The quantitative estimate of drug-likeness (QED) is 0.594. The zero-order valence-electron chi connectivity index (χ0n) is 9.00. The van der Waals surface area contributed by atoms with Crippen LogP contribution in [0.15, 0.2) is 0 Å². The summed E-state index contributed by atoms with van der Waals surface area (Å²) in [6, 6.07) is 0. The lowest BCUT2D eigenvalue weighted by atomic mass is 9.90. The molecule has 0 aromatic heterocycles. The first-order chi connectivity index (χ1) is 6.37. The van der Waals surface area contributed by atoms with Gasteiger partial charge in [0.05, 0.1) is 6.61 Å². The summed E-state index contributed by atoms with van der Waals surface area (Å²) in [7, 11) is 0. The Bertz CT molecular complexity index is 195. The maximum absolute atomic E-state index is 5.63. The minimum atomic E-state index is -2.49. The number of hydrogen-bond donors (Lipinski definition) is 0. The Morgan fingerprint density at radius 2 is 1.71 bits per heavy atom. The van der Waals surface area contributed by atoms with Crippen LogP contribution in [0.25, 0.3) is 0 Å². The Kier molecular flexibility index (Phi) is 8.10. The van der Waals surface area contributed by atoms with Gasteiger partial charge in [0.25, 0.3) is 0 Å². The van der Waals surface area contributed by atoms with Gasteiger partial charge in [0.1, 0.15) is 0 Å². The van der Waals surface area contributed by atoms with Crippen molar-refractivity contribution in [2.24, 2.45) is 11.8 Å². The molecule has 2 unspecified atom stereocenters. The molecular weight excluding hydrogens is 258 g/mol. The monoisotopic (exact) mass is 276 g/mol. The van der Waals surface area contributed by atoms with Crippen molar-refractivity contribution in [2.75, 3.05) is 6.61 Å². The molecule has 0 fully saturated rings. The summed E-state index contributed by atoms with van der Waals surface area (Å²) in [5.41, 5.74) is 0. The lowest BCUT2D eigenvalue weighted by Crippen LogP contribution is -2.09. The lowest BCUT2D eigenvalue weighted by Gasteiger charge is -2.19. The molecule has 0 N–H and O–H groups in total. The molecule has 0 bridgehead atoms. The fourth-order valence-corrected chi connectivity index (χ4v) is 2.32. The SMILES string of the molecule is CCCC(C)C(C)CCOP(=S)(Cl)Cl. The van der Waals surface area contributed by atoms with Crippen LogP contribution in [0.2, 0.25) is 0 Å². The van der Waals surface area contributed by atoms with Crippen molar-refractivity contribution >= 4 is 39.3 Å². The lowest BCUT2D eigenvalue weighted by molar-refractivity contribution is 0.267. The van der Waals surface area contributed by atoms with Crippen molar-refractivity contribution < 1.29 is 4.52 Å². The standard InChI is InChI=1S/C9H19Cl2OPS/c1-4-5-8(2)9(3)6-7-12-13(10,11)14/h8-9H,4-7H2,1-3H3. The Hall–Kier alpha value is 1.19. The third-order valence-corrected chi connectivity index (χ3v) is 3.92. The van der Waals surface area contributed by atoms with Gasteiger partial charge in [-0.2, -0.15) is 0 Å². The van der Waals surface area contributed by atoms with Gasteiger partial charge in [0.15, 0.2) is 0 Å². The fraction of sp³-hybridized carbons (Fsp3) is 1.00. The average molecular weight is 277 g/mol. The first-order valence-corrected chi connectivity index (χ1v) is 9.53. The van der Waals surface area contributed by atoms with Gasteiger partial charge in [-0.3, -0.25) is 0 Å². The first-order valence-electron chi connectivity index (χ1n) is 5.00. The van der Waals surface area contributed by atoms with Crippen LogP contribution in [0.4, 0.5) is 0 Å². The van der Waals surface area contributed by atoms with Crippen molar-refractivity contribution in [1.82, 2.24) is 0 Å². The summed E-state index contributed by atoms with van der Waals surface area (Å²) in [4.78, 5) is -2.49. The summed E-state index contributed by atoms with van der Waals surface area (Å²) in [6.45, 7) is 7.29. The largest absolute Gasteiger partial charge is 0.327 e. The van der Waals surface area contributed by atoms with Gasteiger partial charge < -0.3 is 4.52 Å². The van der Waals surface area contributed by atoms with E-state index in [0.29, 0.717) is 12.5 Å². The molecule has 1 nitrogen and oxygen atoms in total. The van der Waals surface area contributed by atoms with E-state index in [-0.39, 0.29) is 0 Å². The van der Waals surface area contributed by atoms with E-state index in [0.717, 1.165) is 12.3 Å². The summed E-state index contributed by atoms with van der Waals surface area (Å²) in [5, 5.41) is 0. The molecule has 14 heavy (non-hydrogen) atoms. The van der Waals surface area contributed by atoms with E-state index in [4.69, 9.17) is 38.8 Å². The van der Waals surface area contributed by atoms with Gasteiger partial charge in [-0.1, -0.05) is 33.6 Å². The van der Waals surface area contributed by atoms with E-state index < -0.39 is 4.97 Å². The summed E-state index contributed by atoms with van der Waals surface area (Å²) >= 11 is 16.0. The van der Waals surface area contributed by atoms with Crippen LogP contribution in [-0.4, -0.2) is 6.61 Å². The van der Waals surface area contributed by atoms with Crippen LogP contribution >= 0.6 is 27.5 Å². The minimum absolute atomic E-state index is 0.583. The zero-order valence-corrected chi connectivity index (χ0v) is 12.2. The van der Waals surface area contributed by atoms with Crippen LogP contribution in [0.3, 0.4) is 0 Å². The summed E-state index contributed by atoms with van der Waals surface area (Å²) < 4.78 is 5.19. The molecule has 86 valence electrons. The van der Waals surface area contributed by atoms with Gasteiger partial charge in [-0.25, -0.2) is 0 Å². The molecular formula is C9H19Cl2OPS. The smallest absolute Gasteiger partial charge is 0.240 e. The highest BCUT2D eigenvalue weighted by Crippen LogP contribution is 2.58. The van der Waals surface area contributed by atoms with Crippen LogP contribution in [0.5, 0.6) is 0 Å². The maximum atomic E-state index is 5.63. The van der Waals surface area contributed by atoms with Gasteiger partial charge >= 0.3 is 0 Å². The number of hydrogen-bond acceptors (Lipinski definition) is 2. The van der Waals surface area contributed by atoms with E-state index in [2.05, 4.69) is 20.8 Å². The molecule has 0 aromatic rings. The molecule has 0 aliphatic heterocycles. The van der Waals surface area contributed by atoms with E-state index in [1.54, 1.807) is 0 Å². The average Bonchev–Trinajstić information content (AvgIpc) is 2.02. The third-order valence-electron chi connectivity index (χ3n) is 2.53. The zero-order chi connectivity index (χ0) is 11.2.